The van der Waals surface area contributed by atoms with E-state index in [1.165, 1.54) is 4.90 Å². The van der Waals surface area contributed by atoms with Crippen molar-refractivity contribution in [3.05, 3.63) is 0 Å². The zero-order valence-corrected chi connectivity index (χ0v) is 12.1. The molecule has 0 aromatic heterocycles. The number of aliphatic carboxylic acids is 1. The smallest absolute Gasteiger partial charge is 0.323 e. The summed E-state index contributed by atoms with van der Waals surface area (Å²) in [5.74, 6) is -0.0941. The van der Waals surface area contributed by atoms with E-state index in [1.807, 2.05) is 0 Å². The molecule has 2 amide bonds. The van der Waals surface area contributed by atoms with E-state index in [2.05, 4.69) is 0 Å². The molecule has 1 atom stereocenters. The minimum absolute atomic E-state index is 0.176. The van der Waals surface area contributed by atoms with E-state index in [0.29, 0.717) is 31.5 Å². The normalized spacial score (nSPS) is 22.4. The van der Waals surface area contributed by atoms with Gasteiger partial charge in [-0.1, -0.05) is 0 Å². The Labute approximate surface area is 119 Å². The zero-order valence-electron chi connectivity index (χ0n) is 12.1. The lowest BCUT2D eigenvalue weighted by atomic mass is 10.0. The van der Waals surface area contributed by atoms with Gasteiger partial charge in [-0.15, -0.1) is 0 Å². The summed E-state index contributed by atoms with van der Waals surface area (Å²) in [6.07, 6.45) is 4.31. The summed E-state index contributed by atoms with van der Waals surface area (Å²) in [5.41, 5.74) is 0. The summed E-state index contributed by atoms with van der Waals surface area (Å²) in [5, 5.41) is 8.94. The standard InChI is InChI=1S/C14H24N2O4/c1-15(7-12-3-2-6-20-10-12)14(19)16(9-13(17)18)8-11-4-5-11/h11-12H,2-10H2,1H3,(H,17,18). The molecule has 20 heavy (non-hydrogen) atoms. The van der Waals surface area contributed by atoms with Gasteiger partial charge in [-0.3, -0.25) is 4.79 Å². The SMILES string of the molecule is CN(CC1CCCOC1)C(=O)N(CC(=O)O)CC1CC1. The Morgan fingerprint density at radius 2 is 1.95 bits per heavy atom. The van der Waals surface area contributed by atoms with Crippen LogP contribution in [0.25, 0.3) is 0 Å². The van der Waals surface area contributed by atoms with Crippen molar-refractivity contribution in [2.45, 2.75) is 25.7 Å². The highest BCUT2D eigenvalue weighted by Crippen LogP contribution is 2.30. The lowest BCUT2D eigenvalue weighted by Crippen LogP contribution is -2.46. The van der Waals surface area contributed by atoms with Gasteiger partial charge in [0.2, 0.25) is 0 Å². The minimum atomic E-state index is -0.951. The highest BCUT2D eigenvalue weighted by molar-refractivity contribution is 5.80. The van der Waals surface area contributed by atoms with Crippen LogP contribution >= 0.6 is 0 Å². The largest absolute Gasteiger partial charge is 0.480 e. The molecule has 1 N–H and O–H groups in total. The van der Waals surface area contributed by atoms with E-state index < -0.39 is 5.97 Å². The monoisotopic (exact) mass is 284 g/mol. The number of carbonyl (C=O) groups excluding carboxylic acids is 1. The van der Waals surface area contributed by atoms with Crippen LogP contribution in [0.15, 0.2) is 0 Å². The molecule has 0 aromatic carbocycles. The Balaban J connectivity index is 1.85. The molecule has 6 nitrogen and oxygen atoms in total. The van der Waals surface area contributed by atoms with Gasteiger partial charge in [-0.05, 0) is 31.6 Å². The van der Waals surface area contributed by atoms with Gasteiger partial charge in [-0.25, -0.2) is 4.79 Å². The number of amides is 2. The summed E-state index contributed by atoms with van der Waals surface area (Å²) in [7, 11) is 1.75. The second kappa shape index (κ2) is 6.92. The quantitative estimate of drug-likeness (QED) is 0.797. The van der Waals surface area contributed by atoms with Crippen molar-refractivity contribution in [2.75, 3.05) is 39.9 Å². The molecule has 2 aliphatic rings. The van der Waals surface area contributed by atoms with Crippen LogP contribution in [0.5, 0.6) is 0 Å². The molecule has 1 saturated carbocycles. The van der Waals surface area contributed by atoms with Gasteiger partial charge in [0, 0.05) is 32.7 Å². The first kappa shape index (κ1) is 15.1. The molecule has 1 aliphatic carbocycles. The predicted octanol–water partition coefficient (Wildman–Crippen LogP) is 1.26. The van der Waals surface area contributed by atoms with Crippen molar-refractivity contribution in [2.24, 2.45) is 11.8 Å². The molecule has 114 valence electrons. The zero-order chi connectivity index (χ0) is 14.5. The maximum Gasteiger partial charge on any atom is 0.323 e. The van der Waals surface area contributed by atoms with Crippen LogP contribution in [0.1, 0.15) is 25.7 Å². The van der Waals surface area contributed by atoms with E-state index in [9.17, 15) is 9.59 Å². The first-order valence-corrected chi connectivity index (χ1v) is 7.36. The molecule has 1 aliphatic heterocycles. The molecule has 0 radical (unpaired) electrons. The lowest BCUT2D eigenvalue weighted by molar-refractivity contribution is -0.137. The van der Waals surface area contributed by atoms with Crippen molar-refractivity contribution < 1.29 is 19.4 Å². The molecule has 1 unspecified atom stereocenters. The number of carboxylic acids is 1. The fourth-order valence-electron chi connectivity index (χ4n) is 2.64. The molecule has 6 heteroatoms. The molecule has 2 fully saturated rings. The van der Waals surface area contributed by atoms with E-state index in [4.69, 9.17) is 9.84 Å². The Hall–Kier alpha value is -1.30. The third-order valence-electron chi connectivity index (χ3n) is 3.89. The molecular weight excluding hydrogens is 260 g/mol. The van der Waals surface area contributed by atoms with E-state index in [0.717, 1.165) is 32.3 Å². The Bertz CT molecular complexity index is 351. The number of nitrogens with zero attached hydrogens (tertiary/aromatic N) is 2. The van der Waals surface area contributed by atoms with E-state index in [-0.39, 0.29) is 12.6 Å². The summed E-state index contributed by atoms with van der Waals surface area (Å²) < 4.78 is 5.42. The topological polar surface area (TPSA) is 70.1 Å². The van der Waals surface area contributed by atoms with E-state index >= 15 is 0 Å². The van der Waals surface area contributed by atoms with Gasteiger partial charge in [0.25, 0.3) is 0 Å². The third-order valence-corrected chi connectivity index (χ3v) is 3.89. The summed E-state index contributed by atoms with van der Waals surface area (Å²) in [6, 6.07) is -0.176. The molecule has 0 bridgehead atoms. The van der Waals surface area contributed by atoms with Crippen LogP contribution in [0.2, 0.25) is 0 Å². The molecule has 1 saturated heterocycles. The summed E-state index contributed by atoms with van der Waals surface area (Å²) in [4.78, 5) is 26.4. The third kappa shape index (κ3) is 4.67. The number of carbonyl (C=O) groups is 2. The van der Waals surface area contributed by atoms with Crippen LogP contribution in [0.3, 0.4) is 0 Å². The maximum absolute atomic E-state index is 12.4. The van der Waals surface area contributed by atoms with Gasteiger partial charge in [0.1, 0.15) is 6.54 Å². The van der Waals surface area contributed by atoms with Gasteiger partial charge < -0.3 is 19.6 Å². The highest BCUT2D eigenvalue weighted by Gasteiger charge is 2.30. The fraction of sp³-hybridized carbons (Fsp3) is 0.857. The second-order valence-corrected chi connectivity index (χ2v) is 5.96. The average Bonchev–Trinajstić information content (AvgIpc) is 3.21. The van der Waals surface area contributed by atoms with Crippen LogP contribution in [0.4, 0.5) is 4.79 Å². The number of ether oxygens (including phenoxy) is 1. The highest BCUT2D eigenvalue weighted by atomic mass is 16.5. The lowest BCUT2D eigenvalue weighted by Gasteiger charge is -2.31. The van der Waals surface area contributed by atoms with Crippen molar-refractivity contribution in [3.8, 4) is 0 Å². The van der Waals surface area contributed by atoms with Crippen molar-refractivity contribution in [1.82, 2.24) is 9.80 Å². The first-order valence-electron chi connectivity index (χ1n) is 7.36. The molecule has 0 aromatic rings. The van der Waals surface area contributed by atoms with Crippen molar-refractivity contribution >= 4 is 12.0 Å². The number of hydrogen-bond acceptors (Lipinski definition) is 3. The molecular formula is C14H24N2O4. The molecule has 1 heterocycles. The Morgan fingerprint density at radius 1 is 1.20 bits per heavy atom. The number of carboxylic acid groups (broad SMARTS) is 1. The summed E-state index contributed by atoms with van der Waals surface area (Å²) in [6.45, 7) is 2.50. The van der Waals surface area contributed by atoms with Crippen LogP contribution in [0, 0.1) is 11.8 Å². The maximum atomic E-state index is 12.4. The van der Waals surface area contributed by atoms with Crippen molar-refractivity contribution in [3.63, 3.8) is 0 Å². The van der Waals surface area contributed by atoms with Crippen LogP contribution in [-0.2, 0) is 9.53 Å². The predicted molar refractivity (Wildman–Crippen MR) is 73.5 cm³/mol. The van der Waals surface area contributed by atoms with Crippen molar-refractivity contribution in [1.29, 1.82) is 0 Å². The van der Waals surface area contributed by atoms with Crippen LogP contribution < -0.4 is 0 Å². The summed E-state index contributed by atoms with van der Waals surface area (Å²) >= 11 is 0. The number of urea groups is 1. The molecule has 2 rings (SSSR count). The van der Waals surface area contributed by atoms with Gasteiger partial charge in [-0.2, -0.15) is 0 Å². The van der Waals surface area contributed by atoms with Crippen LogP contribution in [-0.4, -0.2) is 66.8 Å². The molecule has 0 spiro atoms. The Morgan fingerprint density at radius 3 is 2.50 bits per heavy atom. The van der Waals surface area contributed by atoms with Gasteiger partial charge >= 0.3 is 12.0 Å². The number of rotatable bonds is 6. The first-order chi connectivity index (χ1) is 9.56. The minimum Gasteiger partial charge on any atom is -0.480 e. The Kier molecular flexibility index (Phi) is 5.23. The second-order valence-electron chi connectivity index (χ2n) is 5.96. The van der Waals surface area contributed by atoms with Gasteiger partial charge in [0.05, 0.1) is 6.61 Å². The number of hydrogen-bond donors (Lipinski definition) is 1. The van der Waals surface area contributed by atoms with Gasteiger partial charge in [0.15, 0.2) is 0 Å². The van der Waals surface area contributed by atoms with E-state index in [1.54, 1.807) is 11.9 Å². The average molecular weight is 284 g/mol. The fourth-order valence-corrected chi connectivity index (χ4v) is 2.64.